The number of alkyl carbamates (subject to hydrolysis) is 1. The topological polar surface area (TPSA) is 83.1 Å². The Bertz CT molecular complexity index is 959. The Morgan fingerprint density at radius 3 is 2.30 bits per heavy atom. The van der Waals surface area contributed by atoms with E-state index in [-0.39, 0.29) is 47.0 Å². The first-order valence-electron chi connectivity index (χ1n) is 15.0. The van der Waals surface area contributed by atoms with Gasteiger partial charge in [0.15, 0.2) is 0 Å². The highest BCUT2D eigenvalue weighted by molar-refractivity contribution is 5.75. The third kappa shape index (κ3) is 9.97. The first-order valence-corrected chi connectivity index (χ1v) is 15.0. The van der Waals surface area contributed by atoms with Crippen molar-refractivity contribution in [1.82, 2.24) is 5.32 Å². The molecule has 2 rings (SSSR count). The maximum Gasteiger partial charge on any atom is 0.408 e. The quantitative estimate of drug-likeness (QED) is 0.199. The van der Waals surface area contributed by atoms with Crippen molar-refractivity contribution >= 4 is 12.1 Å². The highest BCUT2D eigenvalue weighted by atomic mass is 16.6. The van der Waals surface area contributed by atoms with Gasteiger partial charge in [0, 0.05) is 26.1 Å². The van der Waals surface area contributed by atoms with E-state index < -0.39 is 11.7 Å². The summed E-state index contributed by atoms with van der Waals surface area (Å²) < 4.78 is 22.7. The molecule has 1 heterocycles. The number of carbonyl (C=O) groups is 2. The second-order valence-electron chi connectivity index (χ2n) is 14.0. The predicted octanol–water partition coefficient (Wildman–Crippen LogP) is 7.46. The van der Waals surface area contributed by atoms with Gasteiger partial charge >= 0.3 is 12.1 Å². The van der Waals surface area contributed by atoms with Gasteiger partial charge in [0.2, 0.25) is 0 Å². The maximum absolute atomic E-state index is 13.1. The zero-order chi connectivity index (χ0) is 30.3. The molecule has 0 bridgehead atoms. The summed E-state index contributed by atoms with van der Waals surface area (Å²) in [6, 6.07) is 6.03. The first-order chi connectivity index (χ1) is 18.5. The summed E-state index contributed by atoms with van der Waals surface area (Å²) in [7, 11) is 1.69. The Morgan fingerprint density at radius 2 is 1.75 bits per heavy atom. The number of ether oxygens (including phenoxy) is 4. The zero-order valence-corrected chi connectivity index (χ0v) is 26.9. The van der Waals surface area contributed by atoms with E-state index in [1.54, 1.807) is 7.11 Å². The summed E-state index contributed by atoms with van der Waals surface area (Å²) in [4.78, 5) is 25.5. The summed E-state index contributed by atoms with van der Waals surface area (Å²) in [5.74, 6) is 1.45. The Labute approximate surface area is 243 Å². The minimum Gasteiger partial charge on any atom is -0.493 e. The van der Waals surface area contributed by atoms with Gasteiger partial charge in [0.25, 0.3) is 0 Å². The molecule has 40 heavy (non-hydrogen) atoms. The van der Waals surface area contributed by atoms with Crippen LogP contribution in [0.3, 0.4) is 0 Å². The van der Waals surface area contributed by atoms with Crippen LogP contribution in [0.5, 0.6) is 5.75 Å². The van der Waals surface area contributed by atoms with Crippen molar-refractivity contribution in [1.29, 1.82) is 0 Å². The largest absolute Gasteiger partial charge is 0.493 e. The normalized spacial score (nSPS) is 19.5. The molecule has 0 spiro atoms. The zero-order valence-electron chi connectivity index (χ0n) is 26.9. The van der Waals surface area contributed by atoms with Crippen molar-refractivity contribution in [2.75, 3.05) is 26.9 Å². The van der Waals surface area contributed by atoms with Crippen molar-refractivity contribution in [3.63, 3.8) is 0 Å². The van der Waals surface area contributed by atoms with E-state index in [2.05, 4.69) is 72.0 Å². The molecule has 7 heteroatoms. The third-order valence-corrected chi connectivity index (χ3v) is 7.69. The highest BCUT2D eigenvalue weighted by Crippen LogP contribution is 2.40. The molecule has 1 aromatic carbocycles. The van der Waals surface area contributed by atoms with Crippen molar-refractivity contribution < 1.29 is 28.5 Å². The second kappa shape index (κ2) is 14.6. The number of hydrogen-bond acceptors (Lipinski definition) is 6. The van der Waals surface area contributed by atoms with Crippen LogP contribution in [0.4, 0.5) is 4.79 Å². The van der Waals surface area contributed by atoms with Gasteiger partial charge in [-0.05, 0) is 74.0 Å². The summed E-state index contributed by atoms with van der Waals surface area (Å²) >= 11 is 0. The van der Waals surface area contributed by atoms with E-state index in [4.69, 9.17) is 18.9 Å². The molecule has 0 radical (unpaired) electrons. The van der Waals surface area contributed by atoms with Crippen LogP contribution in [0.25, 0.3) is 0 Å². The predicted molar refractivity (Wildman–Crippen MR) is 160 cm³/mol. The second-order valence-corrected chi connectivity index (χ2v) is 14.0. The number of nitrogens with one attached hydrogen (secondary N) is 1. The van der Waals surface area contributed by atoms with Gasteiger partial charge in [-0.2, -0.15) is 0 Å². The van der Waals surface area contributed by atoms with Gasteiger partial charge in [0.05, 0.1) is 25.2 Å². The maximum atomic E-state index is 13.1. The number of rotatable bonds is 13. The monoisotopic (exact) mass is 561 g/mol. The molecule has 1 fully saturated rings. The van der Waals surface area contributed by atoms with Crippen molar-refractivity contribution in [3.8, 4) is 5.75 Å². The summed E-state index contributed by atoms with van der Waals surface area (Å²) in [5, 5.41) is 3.22. The molecule has 1 aliphatic heterocycles. The Morgan fingerprint density at radius 1 is 1.07 bits per heavy atom. The number of cyclic esters (lactones) is 1. The molecule has 1 saturated heterocycles. The van der Waals surface area contributed by atoms with Gasteiger partial charge < -0.3 is 24.3 Å². The van der Waals surface area contributed by atoms with E-state index in [1.807, 2.05) is 20.8 Å². The lowest BCUT2D eigenvalue weighted by atomic mass is 9.76. The van der Waals surface area contributed by atoms with E-state index in [1.165, 1.54) is 0 Å². The Hall–Kier alpha value is -2.28. The Balaban J connectivity index is 2.45. The lowest BCUT2D eigenvalue weighted by Crippen LogP contribution is -2.39. The van der Waals surface area contributed by atoms with Gasteiger partial charge in [-0.25, -0.2) is 4.79 Å². The fraction of sp³-hybridized carbons (Fsp3) is 0.758. The van der Waals surface area contributed by atoms with Crippen LogP contribution in [-0.4, -0.2) is 44.6 Å². The van der Waals surface area contributed by atoms with E-state index >= 15 is 0 Å². The lowest BCUT2D eigenvalue weighted by Gasteiger charge is -2.34. The van der Waals surface area contributed by atoms with Crippen LogP contribution in [0.2, 0.25) is 0 Å². The smallest absolute Gasteiger partial charge is 0.408 e. The molecule has 1 N–H and O–H groups in total. The molecular weight excluding hydrogens is 506 g/mol. The van der Waals surface area contributed by atoms with Crippen LogP contribution >= 0.6 is 0 Å². The molecule has 1 aliphatic rings. The molecule has 0 aliphatic carbocycles. The molecule has 4 unspecified atom stereocenters. The van der Waals surface area contributed by atoms with E-state index in [0.29, 0.717) is 19.8 Å². The van der Waals surface area contributed by atoms with E-state index in [0.717, 1.165) is 36.1 Å². The van der Waals surface area contributed by atoms with Gasteiger partial charge in [-0.1, -0.05) is 60.6 Å². The molecule has 4 atom stereocenters. The average Bonchev–Trinajstić information content (AvgIpc) is 3.19. The van der Waals surface area contributed by atoms with Crippen LogP contribution in [0, 0.1) is 29.6 Å². The number of benzene rings is 1. The van der Waals surface area contributed by atoms with Crippen LogP contribution in [0.15, 0.2) is 18.2 Å². The van der Waals surface area contributed by atoms with Gasteiger partial charge in [-0.15, -0.1) is 0 Å². The number of esters is 1. The van der Waals surface area contributed by atoms with Crippen LogP contribution < -0.4 is 10.1 Å². The SMILES string of the molecule is COCCCOc1cc(C(NC(=O)OC(C)(C)C)C(CCC2COC(=O)C2C(C)C)C(C)C)ccc1C(C)(C)C. The minimum absolute atomic E-state index is 0.0803. The number of hydrogen-bond donors (Lipinski definition) is 1. The van der Waals surface area contributed by atoms with Gasteiger partial charge in [0.1, 0.15) is 11.4 Å². The Kier molecular flexibility index (Phi) is 12.4. The first kappa shape index (κ1) is 33.9. The summed E-state index contributed by atoms with van der Waals surface area (Å²) in [6.45, 7) is 22.3. The molecule has 0 saturated carbocycles. The molecule has 7 nitrogen and oxygen atoms in total. The number of amides is 1. The number of methoxy groups -OCH3 is 1. The summed E-state index contributed by atoms with van der Waals surface area (Å²) in [6.07, 6.45) is 2.04. The molecule has 1 amide bonds. The fourth-order valence-electron chi connectivity index (χ4n) is 5.68. The van der Waals surface area contributed by atoms with E-state index in [9.17, 15) is 9.59 Å². The molecule has 0 aromatic heterocycles. The molecule has 1 aromatic rings. The highest BCUT2D eigenvalue weighted by Gasteiger charge is 2.40. The molecule has 228 valence electrons. The number of carbonyl (C=O) groups excluding carboxylic acids is 2. The average molecular weight is 562 g/mol. The van der Waals surface area contributed by atoms with Crippen molar-refractivity contribution in [2.45, 2.75) is 106 Å². The minimum atomic E-state index is -0.611. The van der Waals surface area contributed by atoms with Crippen molar-refractivity contribution in [3.05, 3.63) is 29.3 Å². The van der Waals surface area contributed by atoms with Gasteiger partial charge in [-0.3, -0.25) is 4.79 Å². The lowest BCUT2D eigenvalue weighted by molar-refractivity contribution is -0.142. The summed E-state index contributed by atoms with van der Waals surface area (Å²) in [5.41, 5.74) is 1.38. The molecular formula is C33H55NO6. The third-order valence-electron chi connectivity index (χ3n) is 7.69. The van der Waals surface area contributed by atoms with Crippen LogP contribution in [-0.2, 0) is 24.4 Å². The van der Waals surface area contributed by atoms with Crippen molar-refractivity contribution in [2.24, 2.45) is 29.6 Å². The standard InChI is InChI=1S/C33H55NO6/c1-21(2)25(15-13-24-20-39-30(35)28(24)22(3)4)29(34-31(36)40-33(8,9)10)23-14-16-26(32(5,6)7)27(19-23)38-18-12-17-37-11/h14,16,19,21-22,24-25,28-29H,12-13,15,17-18,20H2,1-11H3,(H,34,36). The van der Waals surface area contributed by atoms with Crippen LogP contribution in [0.1, 0.15) is 106 Å². The fourth-order valence-corrected chi connectivity index (χ4v) is 5.68.